The van der Waals surface area contributed by atoms with Crippen molar-refractivity contribution >= 4 is 0 Å². The molecular formula is C18H27NO2. The number of hydrogen-bond acceptors (Lipinski definition) is 3. The van der Waals surface area contributed by atoms with Gasteiger partial charge in [-0.3, -0.25) is 0 Å². The van der Waals surface area contributed by atoms with Crippen LogP contribution in [0.25, 0.3) is 0 Å². The molecule has 1 fully saturated rings. The summed E-state index contributed by atoms with van der Waals surface area (Å²) in [5, 5.41) is 3.73. The van der Waals surface area contributed by atoms with Crippen LogP contribution in [-0.4, -0.2) is 19.4 Å². The molecule has 0 aromatic heterocycles. The van der Waals surface area contributed by atoms with Gasteiger partial charge in [0.05, 0.1) is 0 Å². The van der Waals surface area contributed by atoms with E-state index in [1.54, 1.807) is 0 Å². The van der Waals surface area contributed by atoms with Crippen LogP contribution in [0.15, 0.2) is 18.2 Å². The van der Waals surface area contributed by atoms with Crippen molar-refractivity contribution in [1.82, 2.24) is 5.32 Å². The van der Waals surface area contributed by atoms with E-state index in [2.05, 4.69) is 31.3 Å². The second-order valence-electron chi connectivity index (χ2n) is 7.03. The first kappa shape index (κ1) is 14.7. The van der Waals surface area contributed by atoms with E-state index in [9.17, 15) is 0 Å². The molecule has 0 radical (unpaired) electrons. The molecule has 1 heterocycles. The third kappa shape index (κ3) is 3.70. The van der Waals surface area contributed by atoms with Gasteiger partial charge in [-0.15, -0.1) is 0 Å². The standard InChI is InChI=1S/C18H27NO2/c1-14(19-12-18(2)9-3-4-10-18)5-6-15-7-8-16-17(11-15)21-13-20-16/h7-8,11,14,19H,3-6,9-10,12-13H2,1-2H3. The fourth-order valence-corrected chi connectivity index (χ4v) is 3.41. The lowest BCUT2D eigenvalue weighted by molar-refractivity contribution is 0.174. The zero-order valence-corrected chi connectivity index (χ0v) is 13.3. The Morgan fingerprint density at radius 1 is 1.19 bits per heavy atom. The third-order valence-corrected chi connectivity index (χ3v) is 4.99. The maximum Gasteiger partial charge on any atom is 0.231 e. The summed E-state index contributed by atoms with van der Waals surface area (Å²) in [6.07, 6.45) is 7.83. The predicted octanol–water partition coefficient (Wildman–Crippen LogP) is 3.91. The molecule has 1 atom stereocenters. The molecule has 1 aromatic carbocycles. The Kier molecular flexibility index (Phi) is 4.39. The van der Waals surface area contributed by atoms with Gasteiger partial charge < -0.3 is 14.8 Å². The molecule has 0 bridgehead atoms. The summed E-state index contributed by atoms with van der Waals surface area (Å²) in [5.74, 6) is 1.77. The lowest BCUT2D eigenvalue weighted by Gasteiger charge is -2.26. The molecule has 1 unspecified atom stereocenters. The molecule has 1 N–H and O–H groups in total. The maximum absolute atomic E-state index is 5.44. The summed E-state index contributed by atoms with van der Waals surface area (Å²) in [7, 11) is 0. The number of rotatable bonds is 6. The number of nitrogens with one attached hydrogen (secondary N) is 1. The molecule has 0 amide bonds. The Morgan fingerprint density at radius 3 is 2.76 bits per heavy atom. The van der Waals surface area contributed by atoms with E-state index in [-0.39, 0.29) is 0 Å². The fraction of sp³-hybridized carbons (Fsp3) is 0.667. The van der Waals surface area contributed by atoms with E-state index < -0.39 is 0 Å². The van der Waals surface area contributed by atoms with Gasteiger partial charge in [0.25, 0.3) is 0 Å². The summed E-state index contributed by atoms with van der Waals surface area (Å²) in [4.78, 5) is 0. The molecule has 1 aliphatic heterocycles. The van der Waals surface area contributed by atoms with Gasteiger partial charge in [0.15, 0.2) is 11.5 Å². The molecule has 0 saturated heterocycles. The molecule has 21 heavy (non-hydrogen) atoms. The predicted molar refractivity (Wildman–Crippen MR) is 84.9 cm³/mol. The van der Waals surface area contributed by atoms with Crippen molar-refractivity contribution in [2.75, 3.05) is 13.3 Å². The fourth-order valence-electron chi connectivity index (χ4n) is 3.41. The molecule has 1 aliphatic carbocycles. The van der Waals surface area contributed by atoms with Gasteiger partial charge in [0, 0.05) is 12.6 Å². The molecule has 2 aliphatic rings. The zero-order chi connectivity index (χ0) is 14.7. The van der Waals surface area contributed by atoms with Crippen molar-refractivity contribution in [3.63, 3.8) is 0 Å². The first-order valence-electron chi connectivity index (χ1n) is 8.27. The van der Waals surface area contributed by atoms with E-state index >= 15 is 0 Å². The van der Waals surface area contributed by atoms with Gasteiger partial charge in [-0.1, -0.05) is 25.8 Å². The molecule has 3 rings (SSSR count). The van der Waals surface area contributed by atoms with E-state index in [1.807, 2.05) is 6.07 Å². The van der Waals surface area contributed by atoms with Gasteiger partial charge in [-0.25, -0.2) is 0 Å². The SMILES string of the molecule is CC(CCc1ccc2c(c1)OCO2)NCC1(C)CCCC1. The van der Waals surface area contributed by atoms with Gasteiger partial charge in [0.2, 0.25) is 6.79 Å². The van der Waals surface area contributed by atoms with E-state index in [0.717, 1.165) is 30.9 Å². The van der Waals surface area contributed by atoms with Crippen LogP contribution in [-0.2, 0) is 6.42 Å². The van der Waals surface area contributed by atoms with Crippen LogP contribution in [0.5, 0.6) is 11.5 Å². The van der Waals surface area contributed by atoms with Gasteiger partial charge in [-0.05, 0) is 55.7 Å². The molecule has 0 spiro atoms. The summed E-state index contributed by atoms with van der Waals surface area (Å²) in [5.41, 5.74) is 1.87. The minimum absolute atomic E-state index is 0.356. The van der Waals surface area contributed by atoms with E-state index in [4.69, 9.17) is 9.47 Å². The minimum Gasteiger partial charge on any atom is -0.454 e. The van der Waals surface area contributed by atoms with Crippen LogP contribution in [0, 0.1) is 5.41 Å². The summed E-state index contributed by atoms with van der Waals surface area (Å²) in [6.45, 7) is 6.24. The first-order chi connectivity index (χ1) is 10.1. The lowest BCUT2D eigenvalue weighted by Crippen LogP contribution is -2.35. The number of hydrogen-bond donors (Lipinski definition) is 1. The smallest absolute Gasteiger partial charge is 0.231 e. The highest BCUT2D eigenvalue weighted by atomic mass is 16.7. The monoisotopic (exact) mass is 289 g/mol. The summed E-state index contributed by atoms with van der Waals surface area (Å²) in [6, 6.07) is 6.86. The quantitative estimate of drug-likeness (QED) is 0.861. The zero-order valence-electron chi connectivity index (χ0n) is 13.3. The minimum atomic E-state index is 0.356. The van der Waals surface area contributed by atoms with Crippen LogP contribution in [0.3, 0.4) is 0 Å². The molecular weight excluding hydrogens is 262 g/mol. The normalized spacial score (nSPS) is 20.7. The summed E-state index contributed by atoms with van der Waals surface area (Å²) >= 11 is 0. The highest BCUT2D eigenvalue weighted by molar-refractivity contribution is 5.44. The highest BCUT2D eigenvalue weighted by Gasteiger charge is 2.28. The highest BCUT2D eigenvalue weighted by Crippen LogP contribution is 2.37. The average molecular weight is 289 g/mol. The number of benzene rings is 1. The van der Waals surface area contributed by atoms with Crippen molar-refractivity contribution in [3.8, 4) is 11.5 Å². The number of aryl methyl sites for hydroxylation is 1. The van der Waals surface area contributed by atoms with Crippen LogP contribution < -0.4 is 14.8 Å². The van der Waals surface area contributed by atoms with Crippen molar-refractivity contribution in [2.24, 2.45) is 5.41 Å². The first-order valence-corrected chi connectivity index (χ1v) is 8.27. The van der Waals surface area contributed by atoms with E-state index in [1.165, 1.54) is 31.2 Å². The van der Waals surface area contributed by atoms with Crippen molar-refractivity contribution < 1.29 is 9.47 Å². The molecule has 3 heteroatoms. The van der Waals surface area contributed by atoms with E-state index in [0.29, 0.717) is 18.2 Å². The molecule has 1 aromatic rings. The Balaban J connectivity index is 1.44. The van der Waals surface area contributed by atoms with Crippen LogP contribution in [0.1, 0.15) is 51.5 Å². The van der Waals surface area contributed by atoms with Crippen molar-refractivity contribution in [2.45, 2.75) is 58.4 Å². The lowest BCUT2D eigenvalue weighted by atomic mass is 9.88. The van der Waals surface area contributed by atoms with Crippen LogP contribution >= 0.6 is 0 Å². The van der Waals surface area contributed by atoms with Crippen molar-refractivity contribution in [1.29, 1.82) is 0 Å². The van der Waals surface area contributed by atoms with Gasteiger partial charge >= 0.3 is 0 Å². The Hall–Kier alpha value is -1.22. The molecule has 1 saturated carbocycles. The number of ether oxygens (including phenoxy) is 2. The van der Waals surface area contributed by atoms with Gasteiger partial charge in [-0.2, -0.15) is 0 Å². The second-order valence-corrected chi connectivity index (χ2v) is 7.03. The van der Waals surface area contributed by atoms with Gasteiger partial charge in [0.1, 0.15) is 0 Å². The van der Waals surface area contributed by atoms with Crippen LogP contribution in [0.2, 0.25) is 0 Å². The largest absolute Gasteiger partial charge is 0.454 e. The Morgan fingerprint density at radius 2 is 1.95 bits per heavy atom. The maximum atomic E-state index is 5.44. The topological polar surface area (TPSA) is 30.5 Å². The van der Waals surface area contributed by atoms with Crippen LogP contribution in [0.4, 0.5) is 0 Å². The van der Waals surface area contributed by atoms with Crippen molar-refractivity contribution in [3.05, 3.63) is 23.8 Å². The second kappa shape index (κ2) is 6.27. The number of fused-ring (bicyclic) bond motifs is 1. The molecule has 3 nitrogen and oxygen atoms in total. The average Bonchev–Trinajstić information content (AvgIpc) is 3.11. The Labute approximate surface area is 128 Å². The Bertz CT molecular complexity index is 480. The molecule has 116 valence electrons. The summed E-state index contributed by atoms with van der Waals surface area (Å²) < 4.78 is 10.8. The third-order valence-electron chi connectivity index (χ3n) is 4.99.